The van der Waals surface area contributed by atoms with Crippen molar-refractivity contribution in [3.63, 3.8) is 0 Å². The number of amides is 2. The van der Waals surface area contributed by atoms with E-state index in [-0.39, 0.29) is 33.4 Å². The summed E-state index contributed by atoms with van der Waals surface area (Å²) >= 11 is 6.02. The molecule has 2 aliphatic heterocycles. The highest BCUT2D eigenvalue weighted by molar-refractivity contribution is 6.31. The fourth-order valence-electron chi connectivity index (χ4n) is 5.11. The Morgan fingerprint density at radius 1 is 1.18 bits per heavy atom. The van der Waals surface area contributed by atoms with Crippen LogP contribution >= 0.6 is 11.6 Å². The van der Waals surface area contributed by atoms with Gasteiger partial charge >= 0.3 is 12.1 Å². The topological polar surface area (TPSA) is 120 Å². The fraction of sp³-hybridized carbons (Fsp3) is 0.250. The van der Waals surface area contributed by atoms with Gasteiger partial charge in [0.05, 0.1) is 35.0 Å². The quantitative estimate of drug-likeness (QED) is 0.326. The molecule has 2 amide bonds. The number of benzene rings is 3. The number of hydrogen-bond donors (Lipinski definition) is 3. The number of fused-ring (bicyclic) bond motifs is 2. The molecule has 1 atom stereocenters. The molecule has 40 heavy (non-hydrogen) atoms. The number of ether oxygens (including phenoxy) is 2. The van der Waals surface area contributed by atoms with E-state index >= 15 is 4.39 Å². The SMILES string of the molecule is O=C(NCCN1CCOCC1)Oc1nc2ccc(C3(O)c4ccccc4C(=O)N3c3cccc(Cl)c3F)cc2[nH]1. The van der Waals surface area contributed by atoms with Gasteiger partial charge in [-0.15, -0.1) is 0 Å². The summed E-state index contributed by atoms with van der Waals surface area (Å²) in [5.41, 5.74) is -0.550. The minimum atomic E-state index is -2.06. The maximum absolute atomic E-state index is 15.2. The van der Waals surface area contributed by atoms with E-state index in [9.17, 15) is 14.7 Å². The highest BCUT2D eigenvalue weighted by atomic mass is 35.5. The van der Waals surface area contributed by atoms with E-state index in [4.69, 9.17) is 21.1 Å². The second kappa shape index (κ2) is 10.5. The fourth-order valence-corrected chi connectivity index (χ4v) is 5.28. The largest absolute Gasteiger partial charge is 0.415 e. The van der Waals surface area contributed by atoms with Gasteiger partial charge in [-0.05, 0) is 30.3 Å². The predicted molar refractivity (Wildman–Crippen MR) is 145 cm³/mol. The van der Waals surface area contributed by atoms with E-state index in [1.165, 1.54) is 18.2 Å². The summed E-state index contributed by atoms with van der Waals surface area (Å²) in [6.45, 7) is 4.04. The number of rotatable bonds is 6. The van der Waals surface area contributed by atoms with Crippen LogP contribution in [-0.4, -0.2) is 71.4 Å². The molecule has 3 N–H and O–H groups in total. The van der Waals surface area contributed by atoms with E-state index in [0.717, 1.165) is 18.0 Å². The smallest absolute Gasteiger partial charge is 0.379 e. The molecule has 0 radical (unpaired) electrons. The Morgan fingerprint density at radius 3 is 2.80 bits per heavy atom. The van der Waals surface area contributed by atoms with Crippen LogP contribution in [0.4, 0.5) is 14.9 Å². The molecule has 3 aromatic carbocycles. The number of carbonyl (C=O) groups excluding carboxylic acids is 2. The molecule has 4 aromatic rings. The summed E-state index contributed by atoms with van der Waals surface area (Å²) in [6.07, 6.45) is -0.663. The number of carbonyl (C=O) groups is 2. The number of imidazole rings is 1. The van der Waals surface area contributed by atoms with Crippen molar-refractivity contribution in [2.45, 2.75) is 5.72 Å². The van der Waals surface area contributed by atoms with E-state index in [0.29, 0.717) is 37.3 Å². The number of H-pyrrole nitrogens is 1. The monoisotopic (exact) mass is 565 g/mol. The second-order valence-corrected chi connectivity index (χ2v) is 9.88. The van der Waals surface area contributed by atoms with Gasteiger partial charge in [0.2, 0.25) is 0 Å². The molecule has 0 spiro atoms. The number of aliphatic hydroxyl groups is 1. The van der Waals surface area contributed by atoms with Gasteiger partial charge in [-0.2, -0.15) is 4.98 Å². The van der Waals surface area contributed by atoms with Gasteiger partial charge in [0.1, 0.15) is 0 Å². The normalized spacial score (nSPS) is 19.2. The number of morpholine rings is 1. The molecule has 3 heterocycles. The number of anilines is 1. The number of aromatic nitrogens is 2. The lowest BCUT2D eigenvalue weighted by atomic mass is 9.93. The summed E-state index contributed by atoms with van der Waals surface area (Å²) < 4.78 is 25.8. The summed E-state index contributed by atoms with van der Waals surface area (Å²) in [6, 6.07) is 15.5. The van der Waals surface area contributed by atoms with Crippen LogP contribution in [0.1, 0.15) is 21.5 Å². The predicted octanol–water partition coefficient (Wildman–Crippen LogP) is 3.63. The van der Waals surface area contributed by atoms with Crippen molar-refractivity contribution >= 4 is 40.3 Å². The molecule has 10 nitrogen and oxygen atoms in total. The number of aromatic amines is 1. The van der Waals surface area contributed by atoms with Crippen LogP contribution in [0.3, 0.4) is 0 Å². The zero-order valence-corrected chi connectivity index (χ0v) is 21.9. The van der Waals surface area contributed by atoms with Crippen LogP contribution < -0.4 is 15.0 Å². The number of halogens is 2. The Balaban J connectivity index is 1.28. The van der Waals surface area contributed by atoms with Crippen molar-refractivity contribution in [2.75, 3.05) is 44.3 Å². The minimum absolute atomic E-state index is 0.0383. The first-order chi connectivity index (χ1) is 19.4. The van der Waals surface area contributed by atoms with E-state index < -0.39 is 23.5 Å². The standard InChI is InChI=1S/C28H25ClFN5O5/c29-20-6-3-7-23(24(20)30)35-25(36)18-4-1-2-5-19(18)28(35,38)17-8-9-21-22(16-17)33-26(32-21)40-27(37)31-10-11-34-12-14-39-15-13-34/h1-9,16,38H,10-15H2,(H,31,37)(H,32,33). The zero-order chi connectivity index (χ0) is 27.9. The number of nitrogens with one attached hydrogen (secondary N) is 2. The van der Waals surface area contributed by atoms with Crippen LogP contribution in [0.15, 0.2) is 60.7 Å². The van der Waals surface area contributed by atoms with Crippen molar-refractivity contribution in [3.05, 3.63) is 88.2 Å². The lowest BCUT2D eigenvalue weighted by molar-refractivity contribution is 0.0385. The maximum atomic E-state index is 15.2. The number of hydrogen-bond acceptors (Lipinski definition) is 7. The van der Waals surface area contributed by atoms with Gasteiger partial charge in [0, 0.05) is 42.9 Å². The summed E-state index contributed by atoms with van der Waals surface area (Å²) in [5, 5.41) is 14.7. The molecule has 0 aliphatic carbocycles. The highest BCUT2D eigenvalue weighted by Gasteiger charge is 2.51. The summed E-state index contributed by atoms with van der Waals surface area (Å²) in [7, 11) is 0. The molecule has 0 bridgehead atoms. The van der Waals surface area contributed by atoms with E-state index in [1.807, 2.05) is 0 Å². The van der Waals surface area contributed by atoms with Crippen molar-refractivity contribution in [1.29, 1.82) is 0 Å². The van der Waals surface area contributed by atoms with Crippen molar-refractivity contribution in [1.82, 2.24) is 20.2 Å². The summed E-state index contributed by atoms with van der Waals surface area (Å²) in [5.74, 6) is -1.41. The molecule has 0 saturated carbocycles. The van der Waals surface area contributed by atoms with Crippen LogP contribution in [0.25, 0.3) is 11.0 Å². The van der Waals surface area contributed by atoms with Crippen molar-refractivity contribution in [2.24, 2.45) is 0 Å². The van der Waals surface area contributed by atoms with Gasteiger partial charge in [0.25, 0.3) is 5.91 Å². The zero-order valence-electron chi connectivity index (χ0n) is 21.2. The lowest BCUT2D eigenvalue weighted by Gasteiger charge is -2.35. The average molecular weight is 566 g/mol. The molecule has 1 aromatic heterocycles. The van der Waals surface area contributed by atoms with Crippen LogP contribution in [-0.2, 0) is 10.5 Å². The Bertz CT molecular complexity index is 1610. The molecule has 2 aliphatic rings. The van der Waals surface area contributed by atoms with Gasteiger partial charge in [-0.25, -0.2) is 9.18 Å². The van der Waals surface area contributed by atoms with Gasteiger partial charge in [-0.3, -0.25) is 14.6 Å². The Labute approximate surface area is 233 Å². The third kappa shape index (κ3) is 4.56. The molecular formula is C28H25ClFN5O5. The third-order valence-corrected chi connectivity index (χ3v) is 7.38. The van der Waals surface area contributed by atoms with Crippen LogP contribution in [0.2, 0.25) is 5.02 Å². The molecule has 12 heteroatoms. The van der Waals surface area contributed by atoms with E-state index in [2.05, 4.69) is 20.2 Å². The highest BCUT2D eigenvalue weighted by Crippen LogP contribution is 2.46. The molecule has 1 unspecified atom stereocenters. The Kier molecular flexibility index (Phi) is 6.88. The van der Waals surface area contributed by atoms with Crippen molar-refractivity contribution in [3.8, 4) is 6.01 Å². The molecule has 6 rings (SSSR count). The Morgan fingerprint density at radius 2 is 1.98 bits per heavy atom. The van der Waals surface area contributed by atoms with Crippen LogP contribution in [0, 0.1) is 5.82 Å². The first kappa shape index (κ1) is 26.2. The third-order valence-electron chi connectivity index (χ3n) is 7.08. The second-order valence-electron chi connectivity index (χ2n) is 9.48. The molecule has 206 valence electrons. The molecular weight excluding hydrogens is 541 g/mol. The average Bonchev–Trinajstić information content (AvgIpc) is 3.46. The first-order valence-electron chi connectivity index (χ1n) is 12.7. The number of nitrogens with zero attached hydrogens (tertiary/aromatic N) is 3. The molecule has 1 fully saturated rings. The van der Waals surface area contributed by atoms with E-state index in [1.54, 1.807) is 42.5 Å². The molecule has 1 saturated heterocycles. The minimum Gasteiger partial charge on any atom is -0.379 e. The Hall–Kier alpha value is -4.03. The first-order valence-corrected chi connectivity index (χ1v) is 13.1. The lowest BCUT2D eigenvalue weighted by Crippen LogP contribution is -2.45. The maximum Gasteiger partial charge on any atom is 0.415 e. The van der Waals surface area contributed by atoms with Gasteiger partial charge < -0.3 is 24.9 Å². The van der Waals surface area contributed by atoms with Crippen molar-refractivity contribution < 1.29 is 28.6 Å². The summed E-state index contributed by atoms with van der Waals surface area (Å²) in [4.78, 5) is 36.2. The van der Waals surface area contributed by atoms with Gasteiger partial charge in [0.15, 0.2) is 11.5 Å². The van der Waals surface area contributed by atoms with Crippen LogP contribution in [0.5, 0.6) is 6.01 Å². The van der Waals surface area contributed by atoms with Gasteiger partial charge in [-0.1, -0.05) is 41.9 Å².